The minimum Gasteiger partial charge on any atom is -0.394 e. The van der Waals surface area contributed by atoms with Gasteiger partial charge in [0, 0.05) is 18.8 Å². The third-order valence-corrected chi connectivity index (χ3v) is 3.54. The molecule has 0 amide bonds. The minimum absolute atomic E-state index is 0.153. The van der Waals surface area contributed by atoms with Gasteiger partial charge < -0.3 is 20.1 Å². The SMILES string of the molecule is CNCc1ccc(N2CCOCC2CO)cc1C(F)(F)F. The summed E-state index contributed by atoms with van der Waals surface area (Å²) in [4.78, 5) is 1.77. The van der Waals surface area contributed by atoms with Crippen LogP contribution in [0.4, 0.5) is 18.9 Å². The summed E-state index contributed by atoms with van der Waals surface area (Å²) < 4.78 is 44.8. The average molecular weight is 304 g/mol. The van der Waals surface area contributed by atoms with E-state index < -0.39 is 11.7 Å². The van der Waals surface area contributed by atoms with Crippen molar-refractivity contribution < 1.29 is 23.0 Å². The fraction of sp³-hybridized carbons (Fsp3) is 0.571. The third-order valence-electron chi connectivity index (χ3n) is 3.54. The number of hydrogen-bond acceptors (Lipinski definition) is 4. The molecule has 0 saturated carbocycles. The fourth-order valence-corrected chi connectivity index (χ4v) is 2.50. The number of ether oxygens (including phenoxy) is 1. The van der Waals surface area contributed by atoms with Crippen LogP contribution in [-0.2, 0) is 17.5 Å². The van der Waals surface area contributed by atoms with E-state index >= 15 is 0 Å². The van der Waals surface area contributed by atoms with Crippen LogP contribution in [0.25, 0.3) is 0 Å². The van der Waals surface area contributed by atoms with E-state index in [0.717, 1.165) is 6.07 Å². The van der Waals surface area contributed by atoms with Gasteiger partial charge in [-0.3, -0.25) is 0 Å². The van der Waals surface area contributed by atoms with E-state index in [-0.39, 0.29) is 24.8 Å². The molecule has 4 nitrogen and oxygen atoms in total. The van der Waals surface area contributed by atoms with Crippen LogP contribution in [0.15, 0.2) is 18.2 Å². The summed E-state index contributed by atoms with van der Waals surface area (Å²) in [5, 5.41) is 12.1. The number of rotatable bonds is 4. The topological polar surface area (TPSA) is 44.7 Å². The van der Waals surface area contributed by atoms with Gasteiger partial charge in [0.1, 0.15) is 0 Å². The Bertz CT molecular complexity index is 480. The lowest BCUT2D eigenvalue weighted by Crippen LogP contribution is -2.47. The molecule has 1 aromatic carbocycles. The van der Waals surface area contributed by atoms with E-state index in [4.69, 9.17) is 4.74 Å². The zero-order chi connectivity index (χ0) is 15.5. The lowest BCUT2D eigenvalue weighted by atomic mass is 10.0. The normalized spacial score (nSPS) is 19.9. The molecule has 2 N–H and O–H groups in total. The Labute approximate surface area is 121 Å². The van der Waals surface area contributed by atoms with Crippen LogP contribution in [0.2, 0.25) is 0 Å². The van der Waals surface area contributed by atoms with Gasteiger partial charge in [0.25, 0.3) is 0 Å². The minimum atomic E-state index is -4.40. The number of morpholine rings is 1. The van der Waals surface area contributed by atoms with Gasteiger partial charge >= 0.3 is 6.18 Å². The van der Waals surface area contributed by atoms with Gasteiger partial charge in [-0.15, -0.1) is 0 Å². The number of hydrogen-bond donors (Lipinski definition) is 2. The molecule has 1 fully saturated rings. The molecule has 0 bridgehead atoms. The Morgan fingerprint density at radius 1 is 1.43 bits per heavy atom. The van der Waals surface area contributed by atoms with Crippen LogP contribution in [0.5, 0.6) is 0 Å². The van der Waals surface area contributed by atoms with E-state index in [9.17, 15) is 18.3 Å². The van der Waals surface area contributed by atoms with Gasteiger partial charge in [0.05, 0.1) is 31.4 Å². The van der Waals surface area contributed by atoms with Gasteiger partial charge in [0.2, 0.25) is 0 Å². The molecule has 1 aromatic rings. The van der Waals surface area contributed by atoms with Gasteiger partial charge in [-0.1, -0.05) is 6.07 Å². The highest BCUT2D eigenvalue weighted by atomic mass is 19.4. The quantitative estimate of drug-likeness (QED) is 0.887. The first-order chi connectivity index (χ1) is 9.97. The van der Waals surface area contributed by atoms with Gasteiger partial charge in [0.15, 0.2) is 0 Å². The predicted octanol–water partition coefficient (Wildman–Crippen LogP) is 1.62. The number of halogens is 3. The number of anilines is 1. The molecule has 0 radical (unpaired) electrons. The first-order valence-electron chi connectivity index (χ1n) is 6.77. The van der Waals surface area contributed by atoms with Crippen LogP contribution in [0, 0.1) is 0 Å². The lowest BCUT2D eigenvalue weighted by Gasteiger charge is -2.36. The van der Waals surface area contributed by atoms with Crippen LogP contribution < -0.4 is 10.2 Å². The molecule has 1 aliphatic heterocycles. The van der Waals surface area contributed by atoms with Crippen molar-refractivity contribution >= 4 is 5.69 Å². The number of benzene rings is 1. The van der Waals surface area contributed by atoms with Crippen molar-refractivity contribution in [1.82, 2.24) is 5.32 Å². The third kappa shape index (κ3) is 3.66. The van der Waals surface area contributed by atoms with E-state index in [1.54, 1.807) is 18.0 Å². The number of nitrogens with one attached hydrogen (secondary N) is 1. The molecule has 118 valence electrons. The molecule has 1 atom stereocenters. The molecule has 1 heterocycles. The number of nitrogens with zero attached hydrogens (tertiary/aromatic N) is 1. The smallest absolute Gasteiger partial charge is 0.394 e. The maximum Gasteiger partial charge on any atom is 0.416 e. The largest absolute Gasteiger partial charge is 0.416 e. The van der Waals surface area contributed by atoms with Crippen molar-refractivity contribution in [2.24, 2.45) is 0 Å². The second kappa shape index (κ2) is 6.64. The molecule has 1 aliphatic rings. The Morgan fingerprint density at radius 2 is 2.19 bits per heavy atom. The zero-order valence-electron chi connectivity index (χ0n) is 11.8. The van der Waals surface area contributed by atoms with Crippen molar-refractivity contribution in [1.29, 1.82) is 0 Å². The lowest BCUT2D eigenvalue weighted by molar-refractivity contribution is -0.138. The maximum atomic E-state index is 13.2. The first-order valence-corrected chi connectivity index (χ1v) is 6.77. The van der Waals surface area contributed by atoms with Crippen LogP contribution in [-0.4, -0.2) is 44.6 Å². The summed E-state index contributed by atoms with van der Waals surface area (Å²) in [5.41, 5.74) is 0.0321. The summed E-state index contributed by atoms with van der Waals surface area (Å²) in [6, 6.07) is 3.99. The molecule has 0 spiro atoms. The predicted molar refractivity (Wildman–Crippen MR) is 73.2 cm³/mol. The number of aliphatic hydroxyl groups is 1. The zero-order valence-corrected chi connectivity index (χ0v) is 11.8. The van der Waals surface area contributed by atoms with E-state index in [0.29, 0.717) is 25.4 Å². The summed E-state index contributed by atoms with van der Waals surface area (Å²) in [6.45, 7) is 1.22. The Kier molecular flexibility index (Phi) is 5.08. The van der Waals surface area contributed by atoms with Crippen molar-refractivity contribution in [2.75, 3.05) is 38.3 Å². The second-order valence-electron chi connectivity index (χ2n) is 4.97. The molecule has 21 heavy (non-hydrogen) atoms. The summed E-state index contributed by atoms with van der Waals surface area (Å²) in [6.07, 6.45) is -4.40. The number of aliphatic hydroxyl groups excluding tert-OH is 1. The molecule has 1 saturated heterocycles. The van der Waals surface area contributed by atoms with Crippen LogP contribution in [0.3, 0.4) is 0 Å². The highest BCUT2D eigenvalue weighted by Gasteiger charge is 2.34. The Hall–Kier alpha value is -1.31. The van der Waals surface area contributed by atoms with Crippen molar-refractivity contribution in [3.05, 3.63) is 29.3 Å². The summed E-state index contributed by atoms with van der Waals surface area (Å²) in [5.74, 6) is 0. The van der Waals surface area contributed by atoms with E-state index in [1.165, 1.54) is 6.07 Å². The summed E-state index contributed by atoms with van der Waals surface area (Å²) >= 11 is 0. The summed E-state index contributed by atoms with van der Waals surface area (Å²) in [7, 11) is 1.61. The van der Waals surface area contributed by atoms with Gasteiger partial charge in [-0.05, 0) is 24.7 Å². The van der Waals surface area contributed by atoms with Gasteiger partial charge in [-0.2, -0.15) is 13.2 Å². The van der Waals surface area contributed by atoms with E-state index in [2.05, 4.69) is 5.32 Å². The molecule has 1 unspecified atom stereocenters. The van der Waals surface area contributed by atoms with Crippen LogP contribution in [0.1, 0.15) is 11.1 Å². The van der Waals surface area contributed by atoms with Crippen LogP contribution >= 0.6 is 0 Å². The van der Waals surface area contributed by atoms with Gasteiger partial charge in [-0.25, -0.2) is 0 Å². The van der Waals surface area contributed by atoms with Crippen molar-refractivity contribution in [3.8, 4) is 0 Å². The average Bonchev–Trinajstić information content (AvgIpc) is 2.47. The Morgan fingerprint density at radius 3 is 2.81 bits per heavy atom. The van der Waals surface area contributed by atoms with Crippen molar-refractivity contribution in [2.45, 2.75) is 18.8 Å². The monoisotopic (exact) mass is 304 g/mol. The maximum absolute atomic E-state index is 13.2. The standard InChI is InChI=1S/C14H19F3N2O2/c1-18-7-10-2-3-11(6-13(10)14(15,16)17)19-4-5-21-9-12(19)8-20/h2-3,6,12,18,20H,4-5,7-9H2,1H3. The highest BCUT2D eigenvalue weighted by molar-refractivity contribution is 5.53. The molecule has 0 aromatic heterocycles. The molecular weight excluding hydrogens is 285 g/mol. The molecule has 7 heteroatoms. The number of alkyl halides is 3. The first kappa shape index (κ1) is 16.1. The van der Waals surface area contributed by atoms with Crippen molar-refractivity contribution in [3.63, 3.8) is 0 Å². The molecule has 2 rings (SSSR count). The van der Waals surface area contributed by atoms with E-state index in [1.807, 2.05) is 0 Å². The highest BCUT2D eigenvalue weighted by Crippen LogP contribution is 2.35. The molecular formula is C14H19F3N2O2. The molecule has 0 aliphatic carbocycles. The Balaban J connectivity index is 2.36. The second-order valence-corrected chi connectivity index (χ2v) is 4.97. The fourth-order valence-electron chi connectivity index (χ4n) is 2.50.